The number of aryl methyl sites for hydroxylation is 1. The minimum atomic E-state index is -0.631. The number of rotatable bonds is 9. The topological polar surface area (TPSA) is 71.0 Å². The number of halogens is 1. The molecule has 7 heteroatoms. The zero-order valence-electron chi connectivity index (χ0n) is 14.8. The smallest absolute Gasteiger partial charge is 0.238 e. The minimum absolute atomic E-state index is 0.111. The highest BCUT2D eigenvalue weighted by atomic mass is 79.9. The predicted octanol–water partition coefficient (Wildman–Crippen LogP) is 2.18. The number of ether oxygens (including phenoxy) is 2. The molecule has 0 bridgehead atoms. The maximum absolute atomic E-state index is 12.1. The largest absolute Gasteiger partial charge is 0.389 e. The Balaban J connectivity index is 1.65. The summed E-state index contributed by atoms with van der Waals surface area (Å²) in [6.45, 7) is 4.09. The first-order valence-corrected chi connectivity index (χ1v) is 9.35. The van der Waals surface area contributed by atoms with Crippen LogP contribution in [-0.4, -0.2) is 68.1 Å². The molecule has 25 heavy (non-hydrogen) atoms. The highest BCUT2D eigenvalue weighted by molar-refractivity contribution is 9.10. The number of aliphatic hydroxyl groups is 1. The molecule has 0 radical (unpaired) electrons. The van der Waals surface area contributed by atoms with Crippen molar-refractivity contribution in [2.45, 2.75) is 32.0 Å². The average Bonchev–Trinajstić information content (AvgIpc) is 3.03. The Bertz CT molecular complexity index is 564. The van der Waals surface area contributed by atoms with Gasteiger partial charge in [-0.15, -0.1) is 0 Å². The Morgan fingerprint density at radius 3 is 3.04 bits per heavy atom. The third-order valence-corrected chi connectivity index (χ3v) is 4.53. The molecule has 1 saturated heterocycles. The summed E-state index contributed by atoms with van der Waals surface area (Å²) in [5.74, 6) is -0.111. The van der Waals surface area contributed by atoms with E-state index in [-0.39, 0.29) is 25.2 Å². The number of aliphatic hydroxyl groups excluding tert-OH is 1. The minimum Gasteiger partial charge on any atom is -0.389 e. The van der Waals surface area contributed by atoms with E-state index in [1.54, 1.807) is 11.9 Å². The number of benzene rings is 1. The van der Waals surface area contributed by atoms with Crippen molar-refractivity contribution in [2.75, 3.05) is 45.3 Å². The number of hydrogen-bond acceptors (Lipinski definition) is 5. The summed E-state index contributed by atoms with van der Waals surface area (Å²) in [5, 5.41) is 12.9. The van der Waals surface area contributed by atoms with Gasteiger partial charge in [0.1, 0.15) is 0 Å². The number of anilines is 1. The van der Waals surface area contributed by atoms with E-state index in [0.29, 0.717) is 13.2 Å². The molecule has 0 aromatic heterocycles. The van der Waals surface area contributed by atoms with Crippen LogP contribution in [0.3, 0.4) is 0 Å². The van der Waals surface area contributed by atoms with Crippen LogP contribution in [0.5, 0.6) is 0 Å². The van der Waals surface area contributed by atoms with Crippen LogP contribution >= 0.6 is 15.9 Å². The number of hydrogen-bond donors (Lipinski definition) is 2. The van der Waals surface area contributed by atoms with Gasteiger partial charge in [-0.1, -0.05) is 15.9 Å². The third kappa shape index (κ3) is 7.42. The number of likely N-dealkylation sites (N-methyl/N-ethyl adjacent to an activating group) is 1. The first-order valence-electron chi connectivity index (χ1n) is 8.56. The fraction of sp³-hybridized carbons (Fsp3) is 0.611. The lowest BCUT2D eigenvalue weighted by atomic mass is 10.2. The van der Waals surface area contributed by atoms with Crippen LogP contribution in [0.15, 0.2) is 22.7 Å². The molecule has 6 nitrogen and oxygen atoms in total. The van der Waals surface area contributed by atoms with Crippen molar-refractivity contribution in [3.63, 3.8) is 0 Å². The van der Waals surface area contributed by atoms with Crippen molar-refractivity contribution < 1.29 is 19.4 Å². The lowest BCUT2D eigenvalue weighted by Gasteiger charge is -2.21. The normalized spacial score (nSPS) is 18.5. The van der Waals surface area contributed by atoms with Crippen LogP contribution in [-0.2, 0) is 14.3 Å². The Morgan fingerprint density at radius 2 is 2.36 bits per heavy atom. The van der Waals surface area contributed by atoms with E-state index in [2.05, 4.69) is 21.2 Å². The molecule has 0 aliphatic carbocycles. The Hall–Kier alpha value is -0.990. The monoisotopic (exact) mass is 414 g/mol. The van der Waals surface area contributed by atoms with E-state index in [1.807, 2.05) is 25.1 Å². The number of nitrogens with one attached hydrogen (secondary N) is 1. The van der Waals surface area contributed by atoms with Crippen molar-refractivity contribution in [3.05, 3.63) is 28.2 Å². The second-order valence-corrected chi connectivity index (χ2v) is 7.45. The standard InChI is InChI=1S/C18H27BrN2O4/c1-13-8-14(19)5-6-17(13)20-18(23)10-21(2)9-15(22)11-24-12-16-4-3-7-25-16/h5-6,8,15-16,22H,3-4,7,9-12H2,1-2H3,(H,20,23). The van der Waals surface area contributed by atoms with Crippen LogP contribution in [0.4, 0.5) is 5.69 Å². The van der Waals surface area contributed by atoms with Crippen molar-refractivity contribution in [1.29, 1.82) is 0 Å². The van der Waals surface area contributed by atoms with Crippen molar-refractivity contribution in [1.82, 2.24) is 4.90 Å². The van der Waals surface area contributed by atoms with Crippen LogP contribution in [0.25, 0.3) is 0 Å². The highest BCUT2D eigenvalue weighted by Gasteiger charge is 2.17. The first-order chi connectivity index (χ1) is 11.9. The molecule has 1 heterocycles. The van der Waals surface area contributed by atoms with Crippen molar-refractivity contribution in [2.24, 2.45) is 0 Å². The second-order valence-electron chi connectivity index (χ2n) is 6.53. The van der Waals surface area contributed by atoms with E-state index < -0.39 is 6.10 Å². The average molecular weight is 415 g/mol. The van der Waals surface area contributed by atoms with Gasteiger partial charge in [-0.05, 0) is 50.6 Å². The molecular weight excluding hydrogens is 388 g/mol. The van der Waals surface area contributed by atoms with Crippen LogP contribution < -0.4 is 5.32 Å². The zero-order chi connectivity index (χ0) is 18.2. The van der Waals surface area contributed by atoms with Gasteiger partial charge in [0.2, 0.25) is 5.91 Å². The number of amides is 1. The summed E-state index contributed by atoms with van der Waals surface area (Å²) in [4.78, 5) is 13.9. The Morgan fingerprint density at radius 1 is 1.56 bits per heavy atom. The molecule has 1 amide bonds. The van der Waals surface area contributed by atoms with E-state index in [9.17, 15) is 9.90 Å². The Kier molecular flexibility index (Phi) is 8.32. The van der Waals surface area contributed by atoms with Gasteiger partial charge >= 0.3 is 0 Å². The molecular formula is C18H27BrN2O4. The summed E-state index contributed by atoms with van der Waals surface area (Å²) in [7, 11) is 1.80. The molecule has 0 spiro atoms. The van der Waals surface area contributed by atoms with E-state index in [0.717, 1.165) is 35.2 Å². The molecule has 2 N–H and O–H groups in total. The molecule has 1 aliphatic rings. The lowest BCUT2D eigenvalue weighted by molar-refractivity contribution is -0.117. The molecule has 2 atom stereocenters. The molecule has 140 valence electrons. The summed E-state index contributed by atoms with van der Waals surface area (Å²) >= 11 is 3.40. The summed E-state index contributed by atoms with van der Waals surface area (Å²) in [6.07, 6.45) is 1.62. The molecule has 1 aromatic rings. The fourth-order valence-corrected chi connectivity index (χ4v) is 3.27. The van der Waals surface area contributed by atoms with Gasteiger partial charge in [-0.2, -0.15) is 0 Å². The van der Waals surface area contributed by atoms with Gasteiger partial charge in [0.05, 0.1) is 32.0 Å². The maximum Gasteiger partial charge on any atom is 0.238 e. The van der Waals surface area contributed by atoms with Crippen molar-refractivity contribution in [3.8, 4) is 0 Å². The summed E-state index contributed by atoms with van der Waals surface area (Å²) < 4.78 is 11.9. The quantitative estimate of drug-likeness (QED) is 0.647. The van der Waals surface area contributed by atoms with Crippen LogP contribution in [0, 0.1) is 6.92 Å². The van der Waals surface area contributed by atoms with E-state index in [1.165, 1.54) is 0 Å². The maximum atomic E-state index is 12.1. The van der Waals surface area contributed by atoms with E-state index in [4.69, 9.17) is 9.47 Å². The molecule has 1 aliphatic heterocycles. The number of nitrogens with zero attached hydrogens (tertiary/aromatic N) is 1. The molecule has 2 rings (SSSR count). The van der Waals surface area contributed by atoms with Gasteiger partial charge < -0.3 is 19.9 Å². The van der Waals surface area contributed by atoms with Crippen molar-refractivity contribution >= 4 is 27.5 Å². The zero-order valence-corrected chi connectivity index (χ0v) is 16.4. The summed E-state index contributed by atoms with van der Waals surface area (Å²) in [5.41, 5.74) is 1.79. The van der Waals surface area contributed by atoms with E-state index >= 15 is 0 Å². The first kappa shape index (κ1) is 20.3. The third-order valence-electron chi connectivity index (χ3n) is 4.04. The highest BCUT2D eigenvalue weighted by Crippen LogP contribution is 2.19. The van der Waals surface area contributed by atoms with Gasteiger partial charge in [0.15, 0.2) is 0 Å². The fourth-order valence-electron chi connectivity index (χ4n) is 2.79. The van der Waals surface area contributed by atoms with Gasteiger partial charge in [0, 0.05) is 23.3 Å². The van der Waals surface area contributed by atoms with Gasteiger partial charge in [0.25, 0.3) is 0 Å². The summed E-state index contributed by atoms with van der Waals surface area (Å²) in [6, 6.07) is 5.71. The Labute approximate surface area is 157 Å². The molecule has 2 unspecified atom stereocenters. The lowest BCUT2D eigenvalue weighted by Crippen LogP contribution is -2.37. The van der Waals surface area contributed by atoms with Crippen LogP contribution in [0.2, 0.25) is 0 Å². The number of carbonyl (C=O) groups is 1. The molecule has 1 aromatic carbocycles. The predicted molar refractivity (Wildman–Crippen MR) is 101 cm³/mol. The van der Waals surface area contributed by atoms with Gasteiger partial charge in [-0.25, -0.2) is 0 Å². The molecule has 0 saturated carbocycles. The second kappa shape index (κ2) is 10.2. The number of carbonyl (C=O) groups excluding carboxylic acids is 1. The van der Waals surface area contributed by atoms with Crippen LogP contribution in [0.1, 0.15) is 18.4 Å². The van der Waals surface area contributed by atoms with Gasteiger partial charge in [-0.3, -0.25) is 9.69 Å². The molecule has 1 fully saturated rings. The SMILES string of the molecule is Cc1cc(Br)ccc1NC(=O)CN(C)CC(O)COCC1CCCO1.